The van der Waals surface area contributed by atoms with E-state index in [1.54, 1.807) is 0 Å². The predicted octanol–water partition coefficient (Wildman–Crippen LogP) is 4.91. The molecular weight excluding hydrogens is 220 g/mol. The molecule has 2 rings (SSSR count). The molecule has 0 radical (unpaired) electrons. The molecule has 0 amide bonds. The van der Waals surface area contributed by atoms with Gasteiger partial charge in [0.15, 0.2) is 5.78 Å². The lowest BCUT2D eigenvalue weighted by molar-refractivity contribution is -0.115. The smallest absolute Gasteiger partial charge is 0.159 e. The number of rotatable bonds is 6. The fourth-order valence-corrected chi connectivity index (χ4v) is 3.89. The molecule has 0 heterocycles. The van der Waals surface area contributed by atoms with E-state index >= 15 is 0 Å². The van der Waals surface area contributed by atoms with Gasteiger partial charge in [-0.15, -0.1) is 0 Å². The van der Waals surface area contributed by atoms with Crippen LogP contribution in [0.5, 0.6) is 0 Å². The van der Waals surface area contributed by atoms with Gasteiger partial charge < -0.3 is 0 Å². The Hall–Kier alpha value is -0.590. The lowest BCUT2D eigenvalue weighted by Crippen LogP contribution is -2.02. The van der Waals surface area contributed by atoms with Gasteiger partial charge in [-0.2, -0.15) is 0 Å². The first kappa shape index (κ1) is 13.8. The molecule has 0 aromatic carbocycles. The molecule has 1 saturated carbocycles. The van der Waals surface area contributed by atoms with Gasteiger partial charge in [0, 0.05) is 6.42 Å². The average Bonchev–Trinajstić information content (AvgIpc) is 2.66. The second-order valence-corrected chi connectivity index (χ2v) is 6.87. The van der Waals surface area contributed by atoms with Crippen LogP contribution in [0.4, 0.5) is 0 Å². The van der Waals surface area contributed by atoms with Crippen LogP contribution >= 0.6 is 0 Å². The fourth-order valence-electron chi connectivity index (χ4n) is 3.89. The maximum atomic E-state index is 12.0. The van der Waals surface area contributed by atoms with Gasteiger partial charge in [0.25, 0.3) is 0 Å². The summed E-state index contributed by atoms with van der Waals surface area (Å²) in [4.78, 5) is 12.0. The zero-order chi connectivity index (χ0) is 13.3. The summed E-state index contributed by atoms with van der Waals surface area (Å²) in [5, 5.41) is 0. The molecule has 0 spiro atoms. The van der Waals surface area contributed by atoms with Crippen molar-refractivity contribution in [2.75, 3.05) is 0 Å². The van der Waals surface area contributed by atoms with Crippen molar-refractivity contribution in [3.05, 3.63) is 11.1 Å². The van der Waals surface area contributed by atoms with Crippen molar-refractivity contribution in [3.8, 4) is 0 Å². The van der Waals surface area contributed by atoms with Crippen LogP contribution < -0.4 is 0 Å². The second-order valence-electron chi connectivity index (χ2n) is 6.87. The van der Waals surface area contributed by atoms with Gasteiger partial charge in [-0.25, -0.2) is 0 Å². The molecule has 1 fully saturated rings. The molecule has 2 unspecified atom stereocenters. The van der Waals surface area contributed by atoms with Gasteiger partial charge in [-0.3, -0.25) is 4.79 Å². The van der Waals surface area contributed by atoms with E-state index in [0.717, 1.165) is 18.8 Å². The predicted molar refractivity (Wildman–Crippen MR) is 76.5 cm³/mol. The fraction of sp³-hybridized carbons (Fsp3) is 0.824. The number of hydrogen-bond donors (Lipinski definition) is 0. The molecule has 18 heavy (non-hydrogen) atoms. The summed E-state index contributed by atoms with van der Waals surface area (Å²) in [6.45, 7) is 9.14. The van der Waals surface area contributed by atoms with Crippen molar-refractivity contribution < 1.29 is 4.79 Å². The first-order chi connectivity index (χ1) is 8.50. The zero-order valence-electron chi connectivity index (χ0n) is 12.5. The zero-order valence-corrected chi connectivity index (χ0v) is 12.5. The van der Waals surface area contributed by atoms with Gasteiger partial charge in [0.05, 0.1) is 0 Å². The first-order valence-corrected chi connectivity index (χ1v) is 7.73. The molecule has 2 aliphatic rings. The van der Waals surface area contributed by atoms with Crippen molar-refractivity contribution in [3.63, 3.8) is 0 Å². The van der Waals surface area contributed by atoms with Gasteiger partial charge in [-0.1, -0.05) is 52.0 Å². The van der Waals surface area contributed by atoms with E-state index < -0.39 is 0 Å². The van der Waals surface area contributed by atoms with E-state index in [-0.39, 0.29) is 0 Å². The third-order valence-electron chi connectivity index (χ3n) is 5.22. The Balaban J connectivity index is 1.94. The third-order valence-corrected chi connectivity index (χ3v) is 5.22. The number of allylic oxidation sites excluding steroid dienone is 2. The van der Waals surface area contributed by atoms with Crippen LogP contribution in [0, 0.1) is 17.3 Å². The van der Waals surface area contributed by atoms with Crippen LogP contribution in [-0.4, -0.2) is 5.78 Å². The van der Waals surface area contributed by atoms with Crippen LogP contribution in [0.2, 0.25) is 0 Å². The van der Waals surface area contributed by atoms with Crippen LogP contribution in [-0.2, 0) is 4.79 Å². The SMILES string of the molecule is CCCCCCC1C(C2=C(C)CCC2=O)C1(C)C. The third kappa shape index (κ3) is 2.41. The van der Waals surface area contributed by atoms with E-state index in [1.165, 1.54) is 43.3 Å². The van der Waals surface area contributed by atoms with Crippen LogP contribution in [0.1, 0.15) is 72.6 Å². The van der Waals surface area contributed by atoms with Gasteiger partial charge in [0.2, 0.25) is 0 Å². The number of carbonyl (C=O) groups is 1. The van der Waals surface area contributed by atoms with Crippen molar-refractivity contribution in [2.45, 2.75) is 72.6 Å². The molecule has 0 aliphatic heterocycles. The normalized spacial score (nSPS) is 30.1. The monoisotopic (exact) mass is 248 g/mol. The molecule has 1 heteroatoms. The second kappa shape index (κ2) is 5.19. The van der Waals surface area contributed by atoms with Gasteiger partial charge in [-0.05, 0) is 42.6 Å². The van der Waals surface area contributed by atoms with Crippen molar-refractivity contribution in [1.82, 2.24) is 0 Å². The molecule has 0 aromatic heterocycles. The maximum absolute atomic E-state index is 12.0. The molecule has 1 nitrogen and oxygen atoms in total. The molecule has 0 saturated heterocycles. The highest BCUT2D eigenvalue weighted by atomic mass is 16.1. The summed E-state index contributed by atoms with van der Waals surface area (Å²) in [7, 11) is 0. The summed E-state index contributed by atoms with van der Waals surface area (Å²) in [6, 6.07) is 0. The van der Waals surface area contributed by atoms with Crippen LogP contribution in [0.25, 0.3) is 0 Å². The number of Topliss-reactive ketones (excluding diaryl/α,β-unsaturated/α-hetero) is 1. The number of ketones is 1. The summed E-state index contributed by atoms with van der Waals surface area (Å²) in [6.07, 6.45) is 8.49. The summed E-state index contributed by atoms with van der Waals surface area (Å²) >= 11 is 0. The minimum Gasteiger partial charge on any atom is -0.295 e. The molecular formula is C17H28O. The van der Waals surface area contributed by atoms with Crippen molar-refractivity contribution in [2.24, 2.45) is 17.3 Å². The number of unbranched alkanes of at least 4 members (excludes halogenated alkanes) is 3. The topological polar surface area (TPSA) is 17.1 Å². The van der Waals surface area contributed by atoms with Gasteiger partial charge >= 0.3 is 0 Å². The Morgan fingerprint density at radius 1 is 1.17 bits per heavy atom. The molecule has 0 bridgehead atoms. The first-order valence-electron chi connectivity index (χ1n) is 7.73. The maximum Gasteiger partial charge on any atom is 0.159 e. The van der Waals surface area contributed by atoms with Gasteiger partial charge in [0.1, 0.15) is 0 Å². The molecule has 2 aliphatic carbocycles. The summed E-state index contributed by atoms with van der Waals surface area (Å²) < 4.78 is 0. The summed E-state index contributed by atoms with van der Waals surface area (Å²) in [5.41, 5.74) is 2.98. The lowest BCUT2D eigenvalue weighted by atomic mass is 10.00. The van der Waals surface area contributed by atoms with E-state index in [9.17, 15) is 4.79 Å². The van der Waals surface area contributed by atoms with E-state index in [2.05, 4.69) is 27.7 Å². The number of hydrogen-bond acceptors (Lipinski definition) is 1. The molecule has 2 atom stereocenters. The molecule has 0 N–H and O–H groups in total. The largest absolute Gasteiger partial charge is 0.295 e. The minimum absolute atomic E-state index is 0.378. The Morgan fingerprint density at radius 3 is 2.44 bits per heavy atom. The highest BCUT2D eigenvalue weighted by molar-refractivity contribution is 5.99. The van der Waals surface area contributed by atoms with E-state index in [0.29, 0.717) is 17.1 Å². The van der Waals surface area contributed by atoms with Crippen LogP contribution in [0.15, 0.2) is 11.1 Å². The quantitative estimate of drug-likeness (QED) is 0.610. The van der Waals surface area contributed by atoms with Crippen LogP contribution in [0.3, 0.4) is 0 Å². The molecule has 0 aromatic rings. The average molecular weight is 248 g/mol. The van der Waals surface area contributed by atoms with E-state index in [4.69, 9.17) is 0 Å². The highest BCUT2D eigenvalue weighted by Gasteiger charge is 2.60. The molecule has 102 valence electrons. The highest BCUT2D eigenvalue weighted by Crippen LogP contribution is 2.65. The Bertz CT molecular complexity index is 362. The Kier molecular flexibility index (Phi) is 3.99. The lowest BCUT2D eigenvalue weighted by Gasteiger charge is -2.04. The van der Waals surface area contributed by atoms with E-state index in [1.807, 2.05) is 0 Å². The van der Waals surface area contributed by atoms with Crippen molar-refractivity contribution in [1.29, 1.82) is 0 Å². The Labute approximate surface area is 112 Å². The Morgan fingerprint density at radius 2 is 1.89 bits per heavy atom. The van der Waals surface area contributed by atoms with Crippen molar-refractivity contribution >= 4 is 5.78 Å². The summed E-state index contributed by atoms with van der Waals surface area (Å²) in [5.74, 6) is 1.79. The standard InChI is InChI=1S/C17H28O/c1-5-6-7-8-9-13-16(17(13,3)4)15-12(2)10-11-14(15)18/h13,16H,5-11H2,1-4H3. The number of carbonyl (C=O) groups excluding carboxylic acids is 1. The minimum atomic E-state index is 0.378.